The molecular formula is C14H26N2O. The molecule has 0 aromatic rings. The molecule has 98 valence electrons. The molecule has 1 atom stereocenters. The number of rotatable bonds is 4. The van der Waals surface area contributed by atoms with Gasteiger partial charge in [-0.2, -0.15) is 0 Å². The van der Waals surface area contributed by atoms with E-state index in [9.17, 15) is 4.79 Å². The topological polar surface area (TPSA) is 32.3 Å². The van der Waals surface area contributed by atoms with Gasteiger partial charge in [0.05, 0.1) is 5.41 Å². The number of amides is 1. The van der Waals surface area contributed by atoms with Crippen LogP contribution in [0, 0.1) is 11.3 Å². The molecule has 1 N–H and O–H groups in total. The van der Waals surface area contributed by atoms with Gasteiger partial charge in [0.25, 0.3) is 0 Å². The molecule has 1 saturated carbocycles. The Kier molecular flexibility index (Phi) is 3.76. The maximum atomic E-state index is 12.7. The largest absolute Gasteiger partial charge is 0.339 e. The van der Waals surface area contributed by atoms with Crippen molar-refractivity contribution in [3.8, 4) is 0 Å². The predicted molar refractivity (Wildman–Crippen MR) is 69.8 cm³/mol. The van der Waals surface area contributed by atoms with Gasteiger partial charge in [0.2, 0.25) is 5.91 Å². The number of piperidine rings is 1. The van der Waals surface area contributed by atoms with Crippen molar-refractivity contribution in [2.24, 2.45) is 11.3 Å². The highest BCUT2D eigenvalue weighted by atomic mass is 16.2. The Labute approximate surface area is 105 Å². The minimum absolute atomic E-state index is 0.157. The van der Waals surface area contributed by atoms with E-state index in [0.29, 0.717) is 17.9 Å². The minimum atomic E-state index is -0.157. The van der Waals surface area contributed by atoms with E-state index in [1.807, 2.05) is 0 Å². The maximum Gasteiger partial charge on any atom is 0.230 e. The Morgan fingerprint density at radius 3 is 2.65 bits per heavy atom. The highest BCUT2D eigenvalue weighted by Crippen LogP contribution is 2.34. The van der Waals surface area contributed by atoms with Crippen LogP contribution in [-0.2, 0) is 4.79 Å². The Bertz CT molecular complexity index is 278. The lowest BCUT2D eigenvalue weighted by Crippen LogP contribution is -2.51. The lowest BCUT2D eigenvalue weighted by molar-refractivity contribution is -0.143. The van der Waals surface area contributed by atoms with Crippen LogP contribution in [0.4, 0.5) is 0 Å². The zero-order valence-electron chi connectivity index (χ0n) is 11.5. The van der Waals surface area contributed by atoms with Crippen LogP contribution in [0.25, 0.3) is 0 Å². The van der Waals surface area contributed by atoms with Crippen LogP contribution < -0.4 is 5.32 Å². The summed E-state index contributed by atoms with van der Waals surface area (Å²) in [6.45, 7) is 9.38. The van der Waals surface area contributed by atoms with E-state index in [1.165, 1.54) is 12.8 Å². The first kappa shape index (κ1) is 12.9. The van der Waals surface area contributed by atoms with Crippen molar-refractivity contribution in [2.75, 3.05) is 19.6 Å². The number of carbonyl (C=O) groups excluding carboxylic acids is 1. The van der Waals surface area contributed by atoms with Gasteiger partial charge in [-0.15, -0.1) is 0 Å². The summed E-state index contributed by atoms with van der Waals surface area (Å²) >= 11 is 0. The van der Waals surface area contributed by atoms with Gasteiger partial charge in [-0.25, -0.2) is 0 Å². The molecule has 3 nitrogen and oxygen atoms in total. The van der Waals surface area contributed by atoms with Crippen molar-refractivity contribution in [3.63, 3.8) is 0 Å². The lowest BCUT2D eigenvalue weighted by Gasteiger charge is -2.38. The summed E-state index contributed by atoms with van der Waals surface area (Å²) in [5.41, 5.74) is -0.157. The van der Waals surface area contributed by atoms with Crippen LogP contribution in [0.15, 0.2) is 0 Å². The molecule has 3 heteroatoms. The first-order valence-electron chi connectivity index (χ1n) is 7.05. The molecule has 1 aliphatic carbocycles. The van der Waals surface area contributed by atoms with Crippen molar-refractivity contribution in [3.05, 3.63) is 0 Å². The van der Waals surface area contributed by atoms with Gasteiger partial charge >= 0.3 is 0 Å². The quantitative estimate of drug-likeness (QED) is 0.812. The van der Waals surface area contributed by atoms with Crippen molar-refractivity contribution in [1.82, 2.24) is 10.2 Å². The van der Waals surface area contributed by atoms with Crippen molar-refractivity contribution in [2.45, 2.75) is 52.5 Å². The molecular weight excluding hydrogens is 212 g/mol. The van der Waals surface area contributed by atoms with Crippen molar-refractivity contribution < 1.29 is 4.79 Å². The van der Waals surface area contributed by atoms with E-state index in [2.05, 4.69) is 31.0 Å². The molecule has 1 saturated heterocycles. The van der Waals surface area contributed by atoms with Crippen LogP contribution in [0.2, 0.25) is 0 Å². The molecule has 2 rings (SSSR count). The number of hydrogen-bond donors (Lipinski definition) is 1. The summed E-state index contributed by atoms with van der Waals surface area (Å²) in [7, 11) is 0. The fourth-order valence-corrected chi connectivity index (χ4v) is 2.76. The minimum Gasteiger partial charge on any atom is -0.339 e. The average Bonchev–Trinajstić information content (AvgIpc) is 3.09. The second-order valence-corrected chi connectivity index (χ2v) is 6.42. The van der Waals surface area contributed by atoms with Gasteiger partial charge in [-0.3, -0.25) is 4.79 Å². The summed E-state index contributed by atoms with van der Waals surface area (Å²) in [4.78, 5) is 14.9. The predicted octanol–water partition coefficient (Wildman–Crippen LogP) is 2.02. The summed E-state index contributed by atoms with van der Waals surface area (Å²) in [5.74, 6) is 0.959. The second-order valence-electron chi connectivity index (χ2n) is 6.42. The van der Waals surface area contributed by atoms with Crippen molar-refractivity contribution >= 4 is 5.91 Å². The van der Waals surface area contributed by atoms with Gasteiger partial charge in [-0.1, -0.05) is 13.8 Å². The summed E-state index contributed by atoms with van der Waals surface area (Å²) in [5, 5.41) is 3.38. The zero-order valence-corrected chi connectivity index (χ0v) is 11.5. The molecule has 2 fully saturated rings. The smallest absolute Gasteiger partial charge is 0.230 e. The summed E-state index contributed by atoms with van der Waals surface area (Å²) in [6.07, 6.45) is 4.59. The van der Waals surface area contributed by atoms with E-state index in [0.717, 1.165) is 32.5 Å². The van der Waals surface area contributed by atoms with Gasteiger partial charge in [-0.05, 0) is 45.1 Å². The third-order valence-corrected chi connectivity index (χ3v) is 3.92. The Morgan fingerprint density at radius 1 is 1.47 bits per heavy atom. The second kappa shape index (κ2) is 4.97. The number of hydrogen-bond acceptors (Lipinski definition) is 2. The highest BCUT2D eigenvalue weighted by Gasteiger charge is 2.42. The first-order chi connectivity index (χ1) is 8.03. The molecule has 1 amide bonds. The summed E-state index contributed by atoms with van der Waals surface area (Å²) < 4.78 is 0. The van der Waals surface area contributed by atoms with E-state index in [4.69, 9.17) is 0 Å². The first-order valence-corrected chi connectivity index (χ1v) is 7.05. The molecule has 1 unspecified atom stereocenters. The SMILES string of the molecule is CC(C)CN(C(=O)C1(C)CCCNC1)C1CC1. The number of nitrogens with zero attached hydrogens (tertiary/aromatic N) is 1. The van der Waals surface area contributed by atoms with Crippen LogP contribution in [-0.4, -0.2) is 36.5 Å². The van der Waals surface area contributed by atoms with Gasteiger partial charge in [0.1, 0.15) is 0 Å². The molecule has 1 aliphatic heterocycles. The standard InChI is InChI=1S/C14H26N2O/c1-11(2)9-16(12-5-6-12)13(17)14(3)7-4-8-15-10-14/h11-12,15H,4-10H2,1-3H3. The van der Waals surface area contributed by atoms with E-state index >= 15 is 0 Å². The van der Waals surface area contributed by atoms with Crippen molar-refractivity contribution in [1.29, 1.82) is 0 Å². The molecule has 0 radical (unpaired) electrons. The van der Waals surface area contributed by atoms with Crippen LogP contribution in [0.1, 0.15) is 46.5 Å². The monoisotopic (exact) mass is 238 g/mol. The molecule has 0 bridgehead atoms. The maximum absolute atomic E-state index is 12.7. The molecule has 17 heavy (non-hydrogen) atoms. The summed E-state index contributed by atoms with van der Waals surface area (Å²) in [6, 6.07) is 0.545. The fourth-order valence-electron chi connectivity index (χ4n) is 2.76. The normalized spacial score (nSPS) is 29.4. The Hall–Kier alpha value is -0.570. The van der Waals surface area contributed by atoms with E-state index < -0.39 is 0 Å². The highest BCUT2D eigenvalue weighted by molar-refractivity contribution is 5.83. The van der Waals surface area contributed by atoms with Gasteiger partial charge < -0.3 is 10.2 Å². The lowest BCUT2D eigenvalue weighted by atomic mass is 9.81. The number of nitrogens with one attached hydrogen (secondary N) is 1. The van der Waals surface area contributed by atoms with Gasteiger partial charge in [0.15, 0.2) is 0 Å². The molecule has 0 spiro atoms. The molecule has 1 heterocycles. The van der Waals surface area contributed by atoms with Crippen LogP contribution in [0.3, 0.4) is 0 Å². The third kappa shape index (κ3) is 3.01. The Balaban J connectivity index is 2.04. The van der Waals surface area contributed by atoms with E-state index in [-0.39, 0.29) is 5.41 Å². The average molecular weight is 238 g/mol. The Morgan fingerprint density at radius 2 is 2.18 bits per heavy atom. The molecule has 0 aromatic carbocycles. The van der Waals surface area contributed by atoms with Crippen LogP contribution >= 0.6 is 0 Å². The molecule has 0 aromatic heterocycles. The van der Waals surface area contributed by atoms with Gasteiger partial charge in [0, 0.05) is 19.1 Å². The molecule has 2 aliphatic rings. The fraction of sp³-hybridized carbons (Fsp3) is 0.929. The number of carbonyl (C=O) groups is 1. The van der Waals surface area contributed by atoms with E-state index in [1.54, 1.807) is 0 Å². The zero-order chi connectivity index (χ0) is 12.5. The van der Waals surface area contributed by atoms with Crippen LogP contribution in [0.5, 0.6) is 0 Å². The third-order valence-electron chi connectivity index (χ3n) is 3.92.